The van der Waals surface area contributed by atoms with Crippen molar-refractivity contribution in [3.8, 4) is 0 Å². The number of ether oxygens (including phenoxy) is 1. The molecule has 2 aliphatic rings. The van der Waals surface area contributed by atoms with Gasteiger partial charge in [0.15, 0.2) is 0 Å². The van der Waals surface area contributed by atoms with Crippen LogP contribution in [-0.4, -0.2) is 35.4 Å². The van der Waals surface area contributed by atoms with E-state index < -0.39 is 23.9 Å². The maximum Gasteiger partial charge on any atom is 0.411 e. The van der Waals surface area contributed by atoms with Crippen LogP contribution in [0, 0.1) is 5.92 Å². The Labute approximate surface area is 97.9 Å². The van der Waals surface area contributed by atoms with Crippen LogP contribution < -0.4 is 0 Å². The van der Waals surface area contributed by atoms with Crippen LogP contribution in [0.1, 0.15) is 33.1 Å². The number of likely N-dealkylation sites (tertiary alicyclic amines) is 1. The van der Waals surface area contributed by atoms with E-state index in [9.17, 15) is 18.0 Å². The minimum Gasteiger partial charge on any atom is -0.447 e. The molecule has 0 radical (unpaired) electrons. The molecule has 1 amide bonds. The fourth-order valence-electron chi connectivity index (χ4n) is 2.88. The molecular formula is C11H16F3NO2. The highest BCUT2D eigenvalue weighted by atomic mass is 19.4. The molecule has 1 saturated carbocycles. The van der Waals surface area contributed by atoms with Crippen molar-refractivity contribution in [2.75, 3.05) is 6.54 Å². The number of hydrogen-bond acceptors (Lipinski definition) is 2. The molecule has 17 heavy (non-hydrogen) atoms. The molecule has 0 aromatic heterocycles. The number of hydrogen-bond donors (Lipinski definition) is 0. The number of rotatable bonds is 1. The lowest BCUT2D eigenvalue weighted by Gasteiger charge is -2.39. The maximum absolute atomic E-state index is 13.1. The predicted octanol–water partition coefficient (Wildman–Crippen LogP) is 2.95. The predicted molar refractivity (Wildman–Crippen MR) is 54.5 cm³/mol. The van der Waals surface area contributed by atoms with E-state index in [4.69, 9.17) is 4.74 Å². The summed E-state index contributed by atoms with van der Waals surface area (Å²) >= 11 is 0. The minimum absolute atomic E-state index is 0.00830. The summed E-state index contributed by atoms with van der Waals surface area (Å²) < 4.78 is 44.3. The van der Waals surface area contributed by atoms with Crippen LogP contribution >= 0.6 is 0 Å². The third-order valence-corrected chi connectivity index (χ3v) is 3.63. The SMILES string of the molecule is CC(C)OC(=O)N1CC2CCC1(C(F)(F)F)C2. The molecule has 0 spiro atoms. The Morgan fingerprint density at radius 3 is 2.59 bits per heavy atom. The molecule has 2 fully saturated rings. The van der Waals surface area contributed by atoms with Crippen LogP contribution in [0.4, 0.5) is 18.0 Å². The van der Waals surface area contributed by atoms with E-state index in [1.165, 1.54) is 0 Å². The fraction of sp³-hybridized carbons (Fsp3) is 0.909. The molecule has 0 aromatic carbocycles. The number of carbonyl (C=O) groups is 1. The third kappa shape index (κ3) is 1.87. The number of nitrogens with zero attached hydrogens (tertiary/aromatic N) is 1. The quantitative estimate of drug-likeness (QED) is 0.717. The van der Waals surface area contributed by atoms with Gasteiger partial charge in [-0.05, 0) is 39.0 Å². The number of carbonyl (C=O) groups excluding carboxylic acids is 1. The summed E-state index contributed by atoms with van der Waals surface area (Å²) in [5.41, 5.74) is -1.97. The van der Waals surface area contributed by atoms with Gasteiger partial charge in [0.05, 0.1) is 6.10 Å². The van der Waals surface area contributed by atoms with Crippen molar-refractivity contribution in [3.63, 3.8) is 0 Å². The van der Waals surface area contributed by atoms with Crippen molar-refractivity contribution in [1.82, 2.24) is 4.90 Å². The lowest BCUT2D eigenvalue weighted by molar-refractivity contribution is -0.218. The summed E-state index contributed by atoms with van der Waals surface area (Å²) in [6, 6.07) is 0. The number of amides is 1. The van der Waals surface area contributed by atoms with Crippen LogP contribution in [0.3, 0.4) is 0 Å². The molecule has 6 heteroatoms. The van der Waals surface area contributed by atoms with Gasteiger partial charge in [-0.15, -0.1) is 0 Å². The van der Waals surface area contributed by atoms with E-state index in [2.05, 4.69) is 0 Å². The van der Waals surface area contributed by atoms with E-state index >= 15 is 0 Å². The zero-order valence-corrected chi connectivity index (χ0v) is 9.88. The molecule has 1 heterocycles. The first-order valence-electron chi connectivity index (χ1n) is 5.81. The number of halogens is 3. The average Bonchev–Trinajstić information content (AvgIpc) is 2.72. The van der Waals surface area contributed by atoms with Gasteiger partial charge < -0.3 is 4.74 Å². The number of alkyl halides is 3. The Bertz CT molecular complexity index is 329. The Morgan fingerprint density at radius 2 is 2.12 bits per heavy atom. The topological polar surface area (TPSA) is 29.5 Å². The highest BCUT2D eigenvalue weighted by Gasteiger charge is 2.67. The molecule has 3 nitrogen and oxygen atoms in total. The monoisotopic (exact) mass is 251 g/mol. The second kappa shape index (κ2) is 3.78. The molecule has 0 aromatic rings. The third-order valence-electron chi connectivity index (χ3n) is 3.63. The second-order valence-corrected chi connectivity index (χ2v) is 5.18. The lowest BCUT2D eigenvalue weighted by atomic mass is 9.96. The van der Waals surface area contributed by atoms with Crippen LogP contribution in [0.25, 0.3) is 0 Å². The molecule has 1 aliphatic carbocycles. The number of fused-ring (bicyclic) bond motifs is 2. The van der Waals surface area contributed by atoms with Crippen molar-refractivity contribution in [1.29, 1.82) is 0 Å². The Kier molecular flexibility index (Phi) is 2.78. The normalized spacial score (nSPS) is 32.4. The minimum atomic E-state index is -4.37. The standard InChI is InChI=1S/C11H16F3NO2/c1-7(2)17-9(16)15-6-8-3-4-10(15,5-8)11(12,13)14/h7-8H,3-6H2,1-2H3. The number of piperidine rings is 1. The zero-order valence-electron chi connectivity index (χ0n) is 9.88. The van der Waals surface area contributed by atoms with Gasteiger partial charge in [-0.3, -0.25) is 4.90 Å². The largest absolute Gasteiger partial charge is 0.447 e. The van der Waals surface area contributed by atoms with E-state index in [1.807, 2.05) is 0 Å². The maximum atomic E-state index is 13.1. The van der Waals surface area contributed by atoms with Gasteiger partial charge in [-0.1, -0.05) is 0 Å². The summed E-state index contributed by atoms with van der Waals surface area (Å²) in [5, 5.41) is 0. The Hall–Kier alpha value is -0.940. The van der Waals surface area contributed by atoms with Crippen molar-refractivity contribution in [2.24, 2.45) is 5.92 Å². The summed E-state index contributed by atoms with van der Waals surface area (Å²) in [6.07, 6.45) is -5.01. The van der Waals surface area contributed by atoms with Gasteiger partial charge in [-0.2, -0.15) is 13.2 Å². The highest BCUT2D eigenvalue weighted by molar-refractivity contribution is 5.70. The molecule has 2 atom stereocenters. The first-order valence-corrected chi connectivity index (χ1v) is 5.81. The summed E-state index contributed by atoms with van der Waals surface area (Å²) in [7, 11) is 0. The molecule has 2 unspecified atom stereocenters. The van der Waals surface area contributed by atoms with Gasteiger partial charge in [0.25, 0.3) is 0 Å². The molecule has 1 saturated heterocycles. The second-order valence-electron chi connectivity index (χ2n) is 5.18. The molecule has 2 rings (SSSR count). The van der Waals surface area contributed by atoms with Gasteiger partial charge in [0.1, 0.15) is 5.54 Å². The van der Waals surface area contributed by atoms with Crippen molar-refractivity contribution in [2.45, 2.75) is 50.9 Å². The van der Waals surface area contributed by atoms with Crippen LogP contribution in [0.5, 0.6) is 0 Å². The van der Waals surface area contributed by atoms with Crippen molar-refractivity contribution >= 4 is 6.09 Å². The van der Waals surface area contributed by atoms with Crippen LogP contribution in [0.15, 0.2) is 0 Å². The molecule has 2 bridgehead atoms. The lowest BCUT2D eigenvalue weighted by Crippen LogP contribution is -2.57. The first-order chi connectivity index (χ1) is 7.76. The molecule has 1 aliphatic heterocycles. The van der Waals surface area contributed by atoms with E-state index in [1.54, 1.807) is 13.8 Å². The smallest absolute Gasteiger partial charge is 0.411 e. The van der Waals surface area contributed by atoms with Gasteiger partial charge in [-0.25, -0.2) is 4.79 Å². The van der Waals surface area contributed by atoms with E-state index in [0.29, 0.717) is 6.42 Å². The molecule has 0 N–H and O–H groups in total. The fourth-order valence-corrected chi connectivity index (χ4v) is 2.88. The van der Waals surface area contributed by atoms with Gasteiger partial charge >= 0.3 is 12.3 Å². The summed E-state index contributed by atoms with van der Waals surface area (Å²) in [5.74, 6) is -0.0312. The zero-order chi connectivity index (χ0) is 12.8. The molecule has 98 valence electrons. The van der Waals surface area contributed by atoms with Crippen LogP contribution in [0.2, 0.25) is 0 Å². The summed E-state index contributed by atoms with van der Waals surface area (Å²) in [6.45, 7) is 3.43. The van der Waals surface area contributed by atoms with Crippen LogP contribution in [-0.2, 0) is 4.74 Å². The molecular weight excluding hydrogens is 235 g/mol. The Morgan fingerprint density at radius 1 is 1.47 bits per heavy atom. The summed E-state index contributed by atoms with van der Waals surface area (Å²) in [4.78, 5) is 12.6. The van der Waals surface area contributed by atoms with Gasteiger partial charge in [0, 0.05) is 6.54 Å². The van der Waals surface area contributed by atoms with Gasteiger partial charge in [0.2, 0.25) is 0 Å². The first kappa shape index (κ1) is 12.5. The highest BCUT2D eigenvalue weighted by Crippen LogP contribution is 2.54. The Balaban J connectivity index is 2.21. The average molecular weight is 251 g/mol. The van der Waals surface area contributed by atoms with E-state index in [-0.39, 0.29) is 25.3 Å². The van der Waals surface area contributed by atoms with Crippen molar-refractivity contribution in [3.05, 3.63) is 0 Å². The van der Waals surface area contributed by atoms with Crippen molar-refractivity contribution < 1.29 is 22.7 Å². The van der Waals surface area contributed by atoms with E-state index in [0.717, 1.165) is 4.90 Å².